The molecule has 0 atom stereocenters. The summed E-state index contributed by atoms with van der Waals surface area (Å²) in [6.07, 6.45) is 3.29. The molecule has 3 aromatic rings. The van der Waals surface area contributed by atoms with Gasteiger partial charge in [0.25, 0.3) is 0 Å². The first kappa shape index (κ1) is 33.6. The first-order valence-electron chi connectivity index (χ1n) is 13.6. The van der Waals surface area contributed by atoms with Gasteiger partial charge in [0.15, 0.2) is 0 Å². The molecule has 0 radical (unpaired) electrons. The quantitative estimate of drug-likeness (QED) is 0.310. The number of hydrogen-bond donors (Lipinski definition) is 0. The highest BCUT2D eigenvalue weighted by atomic mass is 35.5. The van der Waals surface area contributed by atoms with Gasteiger partial charge in [-0.25, -0.2) is 0 Å². The number of rotatable bonds is 6. The summed E-state index contributed by atoms with van der Waals surface area (Å²) in [5, 5.41) is 0.813. The SMILES string of the molecule is CC(C)(C)CCOc1ccccc1.CC(C)(C)Cc1ccc(Cl)cc1.COc1ccc(CC(C)(C)C)cc1. The fraction of sp³-hybridized carbons (Fsp3) is 0.486. The molecule has 0 aliphatic rings. The van der Waals surface area contributed by atoms with Gasteiger partial charge in [-0.05, 0) is 83.0 Å². The first-order chi connectivity index (χ1) is 17.6. The van der Waals surface area contributed by atoms with Crippen molar-refractivity contribution in [2.75, 3.05) is 13.7 Å². The van der Waals surface area contributed by atoms with Gasteiger partial charge in [-0.3, -0.25) is 0 Å². The normalized spacial score (nSPS) is 11.4. The van der Waals surface area contributed by atoms with Crippen molar-refractivity contribution >= 4 is 11.6 Å². The van der Waals surface area contributed by atoms with E-state index in [2.05, 4.69) is 86.6 Å². The van der Waals surface area contributed by atoms with E-state index in [0.29, 0.717) is 16.2 Å². The molecule has 0 fully saturated rings. The predicted octanol–water partition coefficient (Wildman–Crippen LogP) is 10.7. The summed E-state index contributed by atoms with van der Waals surface area (Å²) in [5.41, 5.74) is 3.79. The van der Waals surface area contributed by atoms with Crippen molar-refractivity contribution in [3.63, 3.8) is 0 Å². The van der Waals surface area contributed by atoms with Crippen molar-refractivity contribution in [1.82, 2.24) is 0 Å². The van der Waals surface area contributed by atoms with E-state index in [1.807, 2.05) is 54.6 Å². The zero-order chi connectivity index (χ0) is 28.8. The molecular weight excluding hydrogens is 488 g/mol. The Morgan fingerprint density at radius 2 is 1.00 bits per heavy atom. The molecule has 0 unspecified atom stereocenters. The fourth-order valence-corrected chi connectivity index (χ4v) is 3.69. The Balaban J connectivity index is 0.000000285. The number of methoxy groups -OCH3 is 1. The predicted molar refractivity (Wildman–Crippen MR) is 167 cm³/mol. The summed E-state index contributed by atoms with van der Waals surface area (Å²) in [6.45, 7) is 20.9. The molecule has 3 rings (SSSR count). The molecule has 0 spiro atoms. The van der Waals surface area contributed by atoms with E-state index < -0.39 is 0 Å². The van der Waals surface area contributed by atoms with Crippen LogP contribution in [0.15, 0.2) is 78.9 Å². The highest BCUT2D eigenvalue weighted by molar-refractivity contribution is 6.30. The molecule has 0 bridgehead atoms. The molecule has 0 aromatic heterocycles. The molecule has 3 aromatic carbocycles. The maximum absolute atomic E-state index is 5.78. The van der Waals surface area contributed by atoms with Gasteiger partial charge < -0.3 is 9.47 Å². The first-order valence-corrected chi connectivity index (χ1v) is 14.0. The lowest BCUT2D eigenvalue weighted by Gasteiger charge is -2.18. The average Bonchev–Trinajstić information content (AvgIpc) is 2.80. The molecule has 0 N–H and O–H groups in total. The summed E-state index contributed by atoms with van der Waals surface area (Å²) >= 11 is 5.78. The Labute approximate surface area is 238 Å². The van der Waals surface area contributed by atoms with E-state index in [1.165, 1.54) is 11.1 Å². The van der Waals surface area contributed by atoms with Crippen LogP contribution in [0.1, 0.15) is 79.9 Å². The van der Waals surface area contributed by atoms with Crippen LogP contribution in [0.3, 0.4) is 0 Å². The Kier molecular flexibility index (Phi) is 14.0. The van der Waals surface area contributed by atoms with Crippen molar-refractivity contribution in [3.05, 3.63) is 95.0 Å². The number of hydrogen-bond acceptors (Lipinski definition) is 2. The van der Waals surface area contributed by atoms with Crippen LogP contribution in [0, 0.1) is 16.2 Å². The van der Waals surface area contributed by atoms with Gasteiger partial charge in [-0.1, -0.05) is 116 Å². The van der Waals surface area contributed by atoms with E-state index in [1.54, 1.807) is 7.11 Å². The molecule has 0 heterocycles. The lowest BCUT2D eigenvalue weighted by Crippen LogP contribution is -2.10. The largest absolute Gasteiger partial charge is 0.497 e. The Morgan fingerprint density at radius 3 is 1.39 bits per heavy atom. The van der Waals surface area contributed by atoms with Crippen molar-refractivity contribution < 1.29 is 9.47 Å². The lowest BCUT2D eigenvalue weighted by molar-refractivity contribution is 0.243. The van der Waals surface area contributed by atoms with Crippen LogP contribution in [0.4, 0.5) is 0 Å². The second kappa shape index (κ2) is 15.8. The minimum Gasteiger partial charge on any atom is -0.497 e. The van der Waals surface area contributed by atoms with Crippen LogP contribution in [0.2, 0.25) is 5.02 Å². The third kappa shape index (κ3) is 17.9. The molecule has 0 aliphatic carbocycles. The zero-order valence-electron chi connectivity index (χ0n) is 25.5. The van der Waals surface area contributed by atoms with Gasteiger partial charge in [-0.15, -0.1) is 0 Å². The van der Waals surface area contributed by atoms with E-state index in [4.69, 9.17) is 21.1 Å². The highest BCUT2D eigenvalue weighted by Crippen LogP contribution is 2.23. The van der Waals surface area contributed by atoms with Crippen LogP contribution in [-0.2, 0) is 12.8 Å². The van der Waals surface area contributed by atoms with Gasteiger partial charge in [0, 0.05) is 5.02 Å². The van der Waals surface area contributed by atoms with Crippen LogP contribution in [0.5, 0.6) is 11.5 Å². The van der Waals surface area contributed by atoms with Crippen molar-refractivity contribution in [3.8, 4) is 11.5 Å². The zero-order valence-corrected chi connectivity index (χ0v) is 26.3. The topological polar surface area (TPSA) is 18.5 Å². The number of ether oxygens (including phenoxy) is 2. The van der Waals surface area contributed by atoms with Gasteiger partial charge in [-0.2, -0.15) is 0 Å². The second-order valence-electron chi connectivity index (χ2n) is 13.4. The average molecular weight is 539 g/mol. The van der Waals surface area contributed by atoms with Crippen molar-refractivity contribution in [2.45, 2.75) is 81.6 Å². The number of halogens is 1. The molecular formula is C35H51ClO2. The van der Waals surface area contributed by atoms with E-state index >= 15 is 0 Å². The minimum atomic E-state index is 0.355. The van der Waals surface area contributed by atoms with E-state index in [9.17, 15) is 0 Å². The van der Waals surface area contributed by atoms with E-state index in [0.717, 1.165) is 42.4 Å². The van der Waals surface area contributed by atoms with Crippen LogP contribution in [-0.4, -0.2) is 13.7 Å². The summed E-state index contributed by atoms with van der Waals surface area (Å²) in [7, 11) is 1.69. The number of benzene rings is 3. The molecule has 2 nitrogen and oxygen atoms in total. The second-order valence-corrected chi connectivity index (χ2v) is 13.9. The molecule has 38 heavy (non-hydrogen) atoms. The summed E-state index contributed by atoms with van der Waals surface area (Å²) < 4.78 is 10.7. The third-order valence-corrected chi connectivity index (χ3v) is 5.66. The Hall–Kier alpha value is -2.45. The molecule has 0 saturated heterocycles. The summed E-state index contributed by atoms with van der Waals surface area (Å²) in [4.78, 5) is 0. The minimum absolute atomic E-state index is 0.355. The van der Waals surface area contributed by atoms with Gasteiger partial charge in [0.05, 0.1) is 13.7 Å². The maximum Gasteiger partial charge on any atom is 0.119 e. The fourth-order valence-electron chi connectivity index (χ4n) is 3.56. The van der Waals surface area contributed by atoms with Crippen LogP contribution in [0.25, 0.3) is 0 Å². The lowest BCUT2D eigenvalue weighted by atomic mass is 9.88. The van der Waals surface area contributed by atoms with Gasteiger partial charge >= 0.3 is 0 Å². The highest BCUT2D eigenvalue weighted by Gasteiger charge is 2.11. The van der Waals surface area contributed by atoms with Crippen molar-refractivity contribution in [2.24, 2.45) is 16.2 Å². The van der Waals surface area contributed by atoms with E-state index in [-0.39, 0.29) is 0 Å². The smallest absolute Gasteiger partial charge is 0.119 e. The standard InChI is InChI=1S/2C12H18O.C11H15Cl/c1-12(2,3)9-10-5-7-11(13-4)8-6-10;1-12(2,3)9-10-13-11-7-5-4-6-8-11;1-11(2,3)8-9-4-6-10(12)7-5-9/h5-8H,9H2,1-4H3;4-8H,9-10H2,1-3H3;4-7H,8H2,1-3H3. The summed E-state index contributed by atoms with van der Waals surface area (Å²) in [5.74, 6) is 1.89. The van der Waals surface area contributed by atoms with Crippen LogP contribution < -0.4 is 9.47 Å². The van der Waals surface area contributed by atoms with Crippen molar-refractivity contribution in [1.29, 1.82) is 0 Å². The molecule has 3 heteroatoms. The molecule has 210 valence electrons. The van der Waals surface area contributed by atoms with Crippen LogP contribution >= 0.6 is 11.6 Å². The van der Waals surface area contributed by atoms with Gasteiger partial charge in [0.2, 0.25) is 0 Å². The number of para-hydroxylation sites is 1. The Bertz CT molecular complexity index is 1000. The summed E-state index contributed by atoms with van der Waals surface area (Å²) in [6, 6.07) is 26.3. The molecule has 0 amide bonds. The molecule has 0 saturated carbocycles. The monoisotopic (exact) mass is 538 g/mol. The maximum atomic E-state index is 5.78. The third-order valence-electron chi connectivity index (χ3n) is 5.41. The Morgan fingerprint density at radius 1 is 0.553 bits per heavy atom. The molecule has 0 aliphatic heterocycles. The van der Waals surface area contributed by atoms with Gasteiger partial charge in [0.1, 0.15) is 11.5 Å².